The topological polar surface area (TPSA) is 36.7 Å². The van der Waals surface area contributed by atoms with Gasteiger partial charge in [0.15, 0.2) is 0 Å². The Balaban J connectivity index is 0.00000128. The van der Waals surface area contributed by atoms with Gasteiger partial charge in [-0.05, 0) is 67.6 Å². The van der Waals surface area contributed by atoms with Crippen molar-refractivity contribution in [1.29, 1.82) is 0 Å². The molecule has 0 N–H and O–H groups in total. The molecule has 6 rings (SSSR count). The van der Waals surface area contributed by atoms with Crippen LogP contribution in [0.15, 0.2) is 27.4 Å². The quantitative estimate of drug-likeness (QED) is 0.630. The summed E-state index contributed by atoms with van der Waals surface area (Å²) in [6, 6.07) is 6.36. The average molecular weight is 453 g/mol. The van der Waals surface area contributed by atoms with Crippen LogP contribution in [0.25, 0.3) is 11.0 Å². The van der Waals surface area contributed by atoms with Crippen LogP contribution in [0.3, 0.4) is 0 Å². The maximum absolute atomic E-state index is 12.7. The first-order chi connectivity index (χ1) is 13.7. The van der Waals surface area contributed by atoms with Crippen molar-refractivity contribution < 1.29 is 4.42 Å². The summed E-state index contributed by atoms with van der Waals surface area (Å²) in [5, 5.41) is 1.13. The molecule has 30 heavy (non-hydrogen) atoms. The van der Waals surface area contributed by atoms with Gasteiger partial charge in [-0.25, -0.2) is 4.79 Å². The third kappa shape index (κ3) is 4.72. The average Bonchev–Trinajstić information content (AvgIpc) is 3.05. The first-order valence-electron chi connectivity index (χ1n) is 11.2. The molecule has 0 atom stereocenters. The number of hydrogen-bond acceptors (Lipinski definition) is 4. The molecule has 2 bridgehead atoms. The van der Waals surface area contributed by atoms with E-state index in [-0.39, 0.29) is 30.4 Å². The summed E-state index contributed by atoms with van der Waals surface area (Å²) in [4.78, 5) is 17.8. The van der Waals surface area contributed by atoms with Gasteiger partial charge in [-0.2, -0.15) is 0 Å². The Kier molecular flexibility index (Phi) is 7.89. The number of fused-ring (bicyclic) bond motifs is 7. The van der Waals surface area contributed by atoms with Gasteiger partial charge in [0.2, 0.25) is 0 Å². The molecule has 1 aliphatic carbocycles. The van der Waals surface area contributed by atoms with Crippen LogP contribution in [-0.2, 0) is 19.4 Å². The summed E-state index contributed by atoms with van der Waals surface area (Å²) in [7, 11) is 0. The largest absolute Gasteiger partial charge is 0.422 e. The lowest BCUT2D eigenvalue weighted by atomic mass is 9.84. The normalized spacial score (nSPS) is 24.0. The maximum atomic E-state index is 12.7. The second kappa shape index (κ2) is 10.0. The molecule has 0 amide bonds. The van der Waals surface area contributed by atoms with E-state index in [0.717, 1.165) is 67.4 Å². The standard InChI is InChI=1S/C24H32N2O2.2ClH/c1-2-17-7-8-21-20-9-10-25(16-22(20)24(27)28-23(21)13-17)11-12-26-14-18-3-4-19(15-26)6-5-18;;/h7-8,13,18-19H,2-6,9-12,14-16H2,1H3;2*1H. The predicted molar refractivity (Wildman–Crippen MR) is 127 cm³/mol. The molecule has 4 heterocycles. The van der Waals surface area contributed by atoms with E-state index in [1.807, 2.05) is 6.07 Å². The monoisotopic (exact) mass is 452 g/mol. The fourth-order valence-corrected chi connectivity index (χ4v) is 5.64. The fraction of sp³-hybridized carbons (Fsp3) is 0.625. The Labute approximate surface area is 191 Å². The number of rotatable bonds is 4. The summed E-state index contributed by atoms with van der Waals surface area (Å²) in [5.74, 6) is 1.85. The molecule has 4 nitrogen and oxygen atoms in total. The molecular formula is C24H34Cl2N2O2. The van der Waals surface area contributed by atoms with Crippen LogP contribution < -0.4 is 5.63 Å². The van der Waals surface area contributed by atoms with Gasteiger partial charge in [0.25, 0.3) is 0 Å². The molecule has 0 unspecified atom stereocenters. The van der Waals surface area contributed by atoms with E-state index in [4.69, 9.17) is 4.42 Å². The molecule has 0 radical (unpaired) electrons. The minimum Gasteiger partial charge on any atom is -0.422 e. The van der Waals surface area contributed by atoms with Crippen LogP contribution in [-0.4, -0.2) is 42.5 Å². The summed E-state index contributed by atoms with van der Waals surface area (Å²) >= 11 is 0. The molecule has 1 aromatic carbocycles. The lowest BCUT2D eigenvalue weighted by Crippen LogP contribution is -2.40. The molecule has 1 aromatic heterocycles. The Morgan fingerprint density at radius 1 is 0.967 bits per heavy atom. The minimum atomic E-state index is -0.131. The SMILES string of the molecule is CCc1ccc2c3c(c(=O)oc2c1)CN(CCN1CC2CCC(CC2)C1)CC3.Cl.Cl. The van der Waals surface area contributed by atoms with E-state index in [0.29, 0.717) is 0 Å². The highest BCUT2D eigenvalue weighted by atomic mass is 35.5. The van der Waals surface area contributed by atoms with Crippen LogP contribution in [0, 0.1) is 11.8 Å². The molecule has 3 fully saturated rings. The van der Waals surface area contributed by atoms with Gasteiger partial charge in [0.05, 0.1) is 5.56 Å². The third-order valence-corrected chi connectivity index (χ3v) is 7.38. The van der Waals surface area contributed by atoms with Crippen molar-refractivity contribution in [3.05, 3.63) is 45.3 Å². The number of halogens is 2. The third-order valence-electron chi connectivity index (χ3n) is 7.38. The van der Waals surface area contributed by atoms with Crippen molar-refractivity contribution in [2.45, 2.75) is 52.0 Å². The molecule has 6 heteroatoms. The van der Waals surface area contributed by atoms with Gasteiger partial charge in [-0.3, -0.25) is 4.90 Å². The molecule has 1 saturated carbocycles. The Morgan fingerprint density at radius 2 is 1.63 bits per heavy atom. The molecule has 4 aliphatic rings. The van der Waals surface area contributed by atoms with Crippen LogP contribution in [0.2, 0.25) is 0 Å². The van der Waals surface area contributed by atoms with Gasteiger partial charge < -0.3 is 9.32 Å². The van der Waals surface area contributed by atoms with Gasteiger partial charge >= 0.3 is 5.63 Å². The maximum Gasteiger partial charge on any atom is 0.341 e. The fourth-order valence-electron chi connectivity index (χ4n) is 5.64. The summed E-state index contributed by atoms with van der Waals surface area (Å²) in [6.45, 7) is 8.68. The smallest absolute Gasteiger partial charge is 0.341 e. The van der Waals surface area contributed by atoms with Gasteiger partial charge in [0, 0.05) is 44.7 Å². The summed E-state index contributed by atoms with van der Waals surface area (Å²) in [6.07, 6.45) is 7.66. The highest BCUT2D eigenvalue weighted by Gasteiger charge is 2.30. The molecule has 0 spiro atoms. The second-order valence-corrected chi connectivity index (χ2v) is 9.20. The van der Waals surface area contributed by atoms with Crippen molar-refractivity contribution in [3.63, 3.8) is 0 Å². The van der Waals surface area contributed by atoms with Crippen LogP contribution >= 0.6 is 24.8 Å². The molecular weight excluding hydrogens is 419 g/mol. The summed E-state index contributed by atoms with van der Waals surface area (Å²) < 4.78 is 5.71. The zero-order chi connectivity index (χ0) is 19.1. The highest BCUT2D eigenvalue weighted by molar-refractivity contribution is 5.85. The predicted octanol–water partition coefficient (Wildman–Crippen LogP) is 4.68. The number of hydrogen-bond donors (Lipinski definition) is 0. The number of nitrogens with zero attached hydrogens (tertiary/aromatic N) is 2. The van der Waals surface area contributed by atoms with E-state index in [2.05, 4.69) is 28.9 Å². The van der Waals surface area contributed by atoms with Gasteiger partial charge in [-0.15, -0.1) is 24.8 Å². The molecule has 3 aliphatic heterocycles. The van der Waals surface area contributed by atoms with Crippen LogP contribution in [0.1, 0.15) is 49.3 Å². The highest BCUT2D eigenvalue weighted by Crippen LogP contribution is 2.33. The van der Waals surface area contributed by atoms with Crippen molar-refractivity contribution in [2.75, 3.05) is 32.7 Å². The van der Waals surface area contributed by atoms with E-state index in [9.17, 15) is 4.79 Å². The number of benzene rings is 1. The van der Waals surface area contributed by atoms with E-state index < -0.39 is 0 Å². The molecule has 166 valence electrons. The van der Waals surface area contributed by atoms with E-state index >= 15 is 0 Å². The molecule has 2 aromatic rings. The zero-order valence-corrected chi connectivity index (χ0v) is 19.5. The van der Waals surface area contributed by atoms with Gasteiger partial charge in [0.1, 0.15) is 5.58 Å². The van der Waals surface area contributed by atoms with Gasteiger partial charge in [-0.1, -0.05) is 19.1 Å². The first kappa shape index (κ1) is 23.6. The van der Waals surface area contributed by atoms with Crippen LogP contribution in [0.4, 0.5) is 0 Å². The Hall–Kier alpha value is -1.07. The molecule has 2 saturated heterocycles. The van der Waals surface area contributed by atoms with E-state index in [1.165, 1.54) is 49.9 Å². The Bertz CT molecular complexity index is 907. The van der Waals surface area contributed by atoms with Crippen molar-refractivity contribution in [3.8, 4) is 0 Å². The van der Waals surface area contributed by atoms with Crippen molar-refractivity contribution >= 4 is 35.8 Å². The van der Waals surface area contributed by atoms with E-state index in [1.54, 1.807) is 0 Å². The van der Waals surface area contributed by atoms with Crippen molar-refractivity contribution in [1.82, 2.24) is 9.80 Å². The zero-order valence-electron chi connectivity index (χ0n) is 17.9. The first-order valence-corrected chi connectivity index (χ1v) is 11.2. The second-order valence-electron chi connectivity index (χ2n) is 9.20. The Morgan fingerprint density at radius 3 is 2.30 bits per heavy atom. The van der Waals surface area contributed by atoms with Crippen LogP contribution in [0.5, 0.6) is 0 Å². The lowest BCUT2D eigenvalue weighted by molar-refractivity contribution is 0.182. The summed E-state index contributed by atoms with van der Waals surface area (Å²) in [5.41, 5.74) is 3.96. The lowest BCUT2D eigenvalue weighted by Gasteiger charge is -2.31. The van der Waals surface area contributed by atoms with Crippen molar-refractivity contribution in [2.24, 2.45) is 11.8 Å². The minimum absolute atomic E-state index is 0. The number of aryl methyl sites for hydroxylation is 1.